The van der Waals surface area contributed by atoms with Gasteiger partial charge in [0.25, 0.3) is 0 Å². The summed E-state index contributed by atoms with van der Waals surface area (Å²) in [7, 11) is -0.210. The fraction of sp³-hybridized carbons (Fsp3) is 0.385. The van der Waals surface area contributed by atoms with Crippen molar-refractivity contribution in [2.24, 2.45) is 0 Å². The summed E-state index contributed by atoms with van der Waals surface area (Å²) in [5.74, 6) is 2.53. The number of aromatic nitrogens is 1. The summed E-state index contributed by atoms with van der Waals surface area (Å²) in [4.78, 5) is 5.10. The van der Waals surface area contributed by atoms with Crippen LogP contribution in [0.5, 0.6) is 0 Å². The maximum atomic E-state index is 5.10. The van der Waals surface area contributed by atoms with E-state index in [2.05, 4.69) is 70.2 Å². The lowest BCUT2D eigenvalue weighted by Gasteiger charge is -2.13. The molecule has 1 aromatic heterocycles. The van der Waals surface area contributed by atoms with Crippen LogP contribution in [0.15, 0.2) is 48.1 Å². The zero-order valence-electron chi connectivity index (χ0n) is 17.9. The first-order valence-corrected chi connectivity index (χ1v) is 12.6. The van der Waals surface area contributed by atoms with Crippen molar-refractivity contribution in [2.75, 3.05) is 6.66 Å². The van der Waals surface area contributed by atoms with Gasteiger partial charge in [0.05, 0.1) is 25.4 Å². The molecule has 1 atom stereocenters. The molecule has 0 aliphatic carbocycles. The van der Waals surface area contributed by atoms with E-state index >= 15 is 0 Å². The van der Waals surface area contributed by atoms with Gasteiger partial charge in [-0.3, -0.25) is 0 Å². The number of rotatable bonds is 6. The van der Waals surface area contributed by atoms with E-state index in [9.17, 15) is 0 Å². The Kier molecular flexibility index (Phi) is 7.03. The van der Waals surface area contributed by atoms with Gasteiger partial charge in [0.2, 0.25) is 0 Å². The molecular formula is C26H33NP+. The highest BCUT2D eigenvalue weighted by molar-refractivity contribution is 7.56. The Labute approximate surface area is 171 Å². The Hall–Kier alpha value is -1.98. The van der Waals surface area contributed by atoms with Crippen molar-refractivity contribution in [2.45, 2.75) is 59.0 Å². The molecule has 0 bridgehead atoms. The van der Waals surface area contributed by atoms with Crippen molar-refractivity contribution >= 4 is 30.3 Å². The van der Waals surface area contributed by atoms with E-state index in [1.165, 1.54) is 45.3 Å². The molecule has 3 rings (SSSR count). The van der Waals surface area contributed by atoms with Crippen molar-refractivity contribution in [3.05, 3.63) is 70.5 Å². The summed E-state index contributed by atoms with van der Waals surface area (Å²) in [5, 5.41) is 1.36. The number of hydrogen-bond acceptors (Lipinski definition) is 1. The molecule has 1 nitrogen and oxygen atoms in total. The summed E-state index contributed by atoms with van der Waals surface area (Å²) in [5.41, 5.74) is 9.53. The summed E-state index contributed by atoms with van der Waals surface area (Å²) >= 11 is 0. The minimum absolute atomic E-state index is 0.210. The van der Waals surface area contributed by atoms with Gasteiger partial charge in [-0.15, -0.1) is 6.58 Å². The molecule has 0 amide bonds. The smallest absolute Gasteiger partial charge is 0.133 e. The number of benzene rings is 1. The second-order valence-electron chi connectivity index (χ2n) is 7.82. The second-order valence-corrected chi connectivity index (χ2v) is 9.91. The van der Waals surface area contributed by atoms with Crippen molar-refractivity contribution in [1.29, 1.82) is 0 Å². The molecule has 0 saturated carbocycles. The standard InChI is InChI=1S/C26H33NP/c1-6-9-11-21-17-28(5)18-24-22(8-3)23-16-20(10-7-2)13-15-25(23)27-26(24)14-12-19(21)4/h6,12-17H,1,7-11,18H2,2-5H3/q+1/b14-12+,21-19?. The molecule has 1 unspecified atom stereocenters. The van der Waals surface area contributed by atoms with E-state index in [0.29, 0.717) is 0 Å². The normalized spacial score (nSPS) is 16.8. The zero-order chi connectivity index (χ0) is 20.1. The highest BCUT2D eigenvalue weighted by atomic mass is 31.1. The minimum Gasteiger partial charge on any atom is -0.248 e. The van der Waals surface area contributed by atoms with E-state index in [4.69, 9.17) is 4.98 Å². The van der Waals surface area contributed by atoms with Crippen molar-refractivity contribution < 1.29 is 0 Å². The fourth-order valence-electron chi connectivity index (χ4n) is 4.09. The van der Waals surface area contributed by atoms with Gasteiger partial charge in [-0.1, -0.05) is 38.5 Å². The summed E-state index contributed by atoms with van der Waals surface area (Å²) < 4.78 is 0. The van der Waals surface area contributed by atoms with Crippen LogP contribution in [0.1, 0.15) is 62.4 Å². The van der Waals surface area contributed by atoms with Crippen LogP contribution in [-0.4, -0.2) is 17.4 Å². The Morgan fingerprint density at radius 3 is 2.71 bits per heavy atom. The van der Waals surface area contributed by atoms with E-state index in [1.807, 2.05) is 6.08 Å². The third-order valence-electron chi connectivity index (χ3n) is 5.59. The third kappa shape index (κ3) is 4.53. The van der Waals surface area contributed by atoms with E-state index in [-0.39, 0.29) is 7.55 Å². The monoisotopic (exact) mass is 390 g/mol. The molecule has 1 aliphatic heterocycles. The van der Waals surface area contributed by atoms with Gasteiger partial charge in [-0.05, 0) is 73.1 Å². The van der Waals surface area contributed by atoms with Crippen LogP contribution in [0.25, 0.3) is 17.0 Å². The van der Waals surface area contributed by atoms with Crippen LogP contribution < -0.4 is 0 Å². The molecule has 0 radical (unpaired) electrons. The first kappa shape index (κ1) is 20.7. The lowest BCUT2D eigenvalue weighted by molar-refractivity contribution is 0.923. The topological polar surface area (TPSA) is 12.9 Å². The SMILES string of the molecule is C=CCCC1=C(C)/C=C/c2nc3ccc(CCC)cc3c(CC)c2C[P+](C)=C1. The van der Waals surface area contributed by atoms with Crippen LogP contribution in [0.2, 0.25) is 0 Å². The van der Waals surface area contributed by atoms with Gasteiger partial charge in [0.1, 0.15) is 12.0 Å². The average Bonchev–Trinajstić information content (AvgIpc) is 2.74. The Balaban J connectivity index is 2.17. The van der Waals surface area contributed by atoms with E-state index in [0.717, 1.165) is 37.4 Å². The molecule has 0 N–H and O–H groups in total. The maximum absolute atomic E-state index is 5.10. The molecule has 28 heavy (non-hydrogen) atoms. The van der Waals surface area contributed by atoms with Gasteiger partial charge in [0, 0.05) is 10.9 Å². The predicted octanol–water partition coefficient (Wildman–Crippen LogP) is 7.47. The Morgan fingerprint density at radius 1 is 1.18 bits per heavy atom. The fourth-order valence-corrected chi connectivity index (χ4v) is 5.90. The third-order valence-corrected chi connectivity index (χ3v) is 7.16. The van der Waals surface area contributed by atoms with Crippen LogP contribution >= 0.6 is 7.55 Å². The van der Waals surface area contributed by atoms with Gasteiger partial charge in [0.15, 0.2) is 0 Å². The molecule has 0 saturated heterocycles. The van der Waals surface area contributed by atoms with Crippen LogP contribution in [0.4, 0.5) is 0 Å². The Bertz CT molecular complexity index is 976. The summed E-state index contributed by atoms with van der Waals surface area (Å²) in [6, 6.07) is 6.86. The number of allylic oxidation sites excluding steroid dienone is 4. The first-order valence-electron chi connectivity index (χ1n) is 10.6. The molecule has 2 heteroatoms. The minimum atomic E-state index is -0.210. The highest BCUT2D eigenvalue weighted by Gasteiger charge is 2.19. The number of aryl methyl sites for hydroxylation is 2. The van der Waals surface area contributed by atoms with E-state index in [1.54, 1.807) is 0 Å². The number of pyridine rings is 1. The lowest BCUT2D eigenvalue weighted by atomic mass is 9.96. The van der Waals surface area contributed by atoms with Crippen molar-refractivity contribution in [1.82, 2.24) is 4.98 Å². The number of hydrogen-bond donors (Lipinski definition) is 0. The quantitative estimate of drug-likeness (QED) is 0.368. The zero-order valence-corrected chi connectivity index (χ0v) is 18.8. The molecular weight excluding hydrogens is 357 g/mol. The summed E-state index contributed by atoms with van der Waals surface area (Å²) in [6.07, 6.45) is 13.2. The molecule has 1 aliphatic rings. The van der Waals surface area contributed by atoms with Crippen LogP contribution in [0, 0.1) is 0 Å². The Morgan fingerprint density at radius 2 is 2.00 bits per heavy atom. The predicted molar refractivity (Wildman–Crippen MR) is 129 cm³/mol. The van der Waals surface area contributed by atoms with Crippen LogP contribution in [0.3, 0.4) is 0 Å². The highest BCUT2D eigenvalue weighted by Crippen LogP contribution is 2.35. The van der Waals surface area contributed by atoms with Crippen molar-refractivity contribution in [3.8, 4) is 0 Å². The van der Waals surface area contributed by atoms with Crippen LogP contribution in [-0.2, 0) is 19.0 Å². The molecule has 1 aromatic carbocycles. The summed E-state index contributed by atoms with van der Waals surface area (Å²) in [6.45, 7) is 13.1. The maximum Gasteiger partial charge on any atom is 0.133 e. The van der Waals surface area contributed by atoms with Gasteiger partial charge >= 0.3 is 0 Å². The lowest BCUT2D eigenvalue weighted by Crippen LogP contribution is -2.01. The van der Waals surface area contributed by atoms with Gasteiger partial charge in [-0.2, -0.15) is 0 Å². The molecule has 0 spiro atoms. The molecule has 2 aromatic rings. The molecule has 0 fully saturated rings. The molecule has 146 valence electrons. The van der Waals surface area contributed by atoms with Crippen molar-refractivity contribution in [3.63, 3.8) is 0 Å². The largest absolute Gasteiger partial charge is 0.248 e. The van der Waals surface area contributed by atoms with Gasteiger partial charge < -0.3 is 0 Å². The second kappa shape index (κ2) is 9.48. The molecule has 2 heterocycles. The number of fused-ring (bicyclic) bond motifs is 2. The number of nitrogens with zero attached hydrogens (tertiary/aromatic N) is 1. The van der Waals surface area contributed by atoms with E-state index < -0.39 is 0 Å². The van der Waals surface area contributed by atoms with Gasteiger partial charge in [-0.25, -0.2) is 4.98 Å². The first-order chi connectivity index (χ1) is 13.6. The average molecular weight is 391 g/mol.